The minimum Gasteiger partial charge on any atom is -0.454 e. The zero-order valence-electron chi connectivity index (χ0n) is 14.1. The van der Waals surface area contributed by atoms with Gasteiger partial charge in [-0.3, -0.25) is 4.79 Å². The van der Waals surface area contributed by atoms with Crippen LogP contribution in [0, 0.1) is 0 Å². The van der Waals surface area contributed by atoms with E-state index in [-0.39, 0.29) is 19.2 Å². The molecule has 7 heteroatoms. The van der Waals surface area contributed by atoms with E-state index in [0.717, 1.165) is 11.1 Å². The first-order valence-corrected chi connectivity index (χ1v) is 8.62. The van der Waals surface area contributed by atoms with Gasteiger partial charge in [0.25, 0.3) is 0 Å². The van der Waals surface area contributed by atoms with E-state index < -0.39 is 0 Å². The van der Waals surface area contributed by atoms with Crippen LogP contribution < -0.4 is 14.8 Å². The zero-order valence-corrected chi connectivity index (χ0v) is 14.9. The molecule has 0 saturated carbocycles. The van der Waals surface area contributed by atoms with Gasteiger partial charge in [0, 0.05) is 22.7 Å². The molecule has 136 valence electrons. The highest BCUT2D eigenvalue weighted by Gasteiger charge is 2.12. The Morgan fingerprint density at radius 1 is 1.11 bits per heavy atom. The lowest BCUT2D eigenvalue weighted by Gasteiger charge is -1.99. The second-order valence-corrected chi connectivity index (χ2v) is 6.29. The van der Waals surface area contributed by atoms with E-state index in [1.165, 1.54) is 6.08 Å². The number of hydrogen-bond donors (Lipinski definition) is 1. The number of fused-ring (bicyclic) bond motifs is 1. The molecular formula is C20H15ClN2O4. The largest absolute Gasteiger partial charge is 0.454 e. The fraction of sp³-hybridized carbons (Fsp3) is 0.100. The molecule has 0 unspecified atom stereocenters. The molecule has 0 bridgehead atoms. The summed E-state index contributed by atoms with van der Waals surface area (Å²) < 4.78 is 15.9. The maximum Gasteiger partial charge on any atom is 0.244 e. The van der Waals surface area contributed by atoms with E-state index in [1.807, 2.05) is 30.3 Å². The Morgan fingerprint density at radius 2 is 1.93 bits per heavy atom. The minimum absolute atomic E-state index is 0.221. The van der Waals surface area contributed by atoms with Gasteiger partial charge in [0.1, 0.15) is 5.69 Å². The Hall–Kier alpha value is -3.25. The number of carbonyl (C=O) groups excluding carboxylic acids is 1. The van der Waals surface area contributed by atoms with Crippen molar-refractivity contribution in [3.63, 3.8) is 0 Å². The van der Waals surface area contributed by atoms with Crippen LogP contribution >= 0.6 is 11.6 Å². The van der Waals surface area contributed by atoms with Crippen molar-refractivity contribution >= 4 is 23.6 Å². The van der Waals surface area contributed by atoms with Gasteiger partial charge in [0.05, 0.1) is 6.54 Å². The molecule has 0 atom stereocenters. The average Bonchev–Trinajstić information content (AvgIpc) is 3.34. The number of hydrogen-bond acceptors (Lipinski definition) is 5. The molecule has 0 aliphatic carbocycles. The molecular weight excluding hydrogens is 368 g/mol. The van der Waals surface area contributed by atoms with Gasteiger partial charge in [-0.25, -0.2) is 0 Å². The van der Waals surface area contributed by atoms with Crippen LogP contribution in [0.5, 0.6) is 11.5 Å². The number of nitrogens with zero attached hydrogens (tertiary/aromatic N) is 1. The highest BCUT2D eigenvalue weighted by Crippen LogP contribution is 2.32. The van der Waals surface area contributed by atoms with Gasteiger partial charge < -0.3 is 19.3 Å². The van der Waals surface area contributed by atoms with E-state index in [0.29, 0.717) is 28.0 Å². The highest BCUT2D eigenvalue weighted by atomic mass is 35.5. The first-order valence-electron chi connectivity index (χ1n) is 8.24. The van der Waals surface area contributed by atoms with Crippen molar-refractivity contribution in [3.8, 4) is 22.8 Å². The van der Waals surface area contributed by atoms with Crippen molar-refractivity contribution < 1.29 is 18.8 Å². The average molecular weight is 383 g/mol. The minimum atomic E-state index is -0.233. The highest BCUT2D eigenvalue weighted by molar-refractivity contribution is 6.30. The van der Waals surface area contributed by atoms with E-state index in [9.17, 15) is 4.79 Å². The summed E-state index contributed by atoms with van der Waals surface area (Å²) in [6, 6.07) is 14.5. The number of aromatic nitrogens is 1. The zero-order chi connectivity index (χ0) is 18.6. The summed E-state index contributed by atoms with van der Waals surface area (Å²) in [6.45, 7) is 0.486. The Bertz CT molecular complexity index is 995. The number of ether oxygens (including phenoxy) is 2. The predicted octanol–water partition coefficient (Wildman–Crippen LogP) is 4.05. The van der Waals surface area contributed by atoms with Gasteiger partial charge in [-0.15, -0.1) is 0 Å². The third-order valence-electron chi connectivity index (χ3n) is 3.96. The van der Waals surface area contributed by atoms with Crippen LogP contribution in [0.3, 0.4) is 0 Å². The van der Waals surface area contributed by atoms with Crippen molar-refractivity contribution in [1.82, 2.24) is 10.5 Å². The van der Waals surface area contributed by atoms with Crippen molar-refractivity contribution in [2.45, 2.75) is 6.54 Å². The normalized spacial score (nSPS) is 12.5. The first kappa shape index (κ1) is 17.2. The SMILES string of the molecule is O=C(/C=C\c1ccc2c(c1)OCO2)NCc1cc(-c2ccc(Cl)cc2)on1. The summed E-state index contributed by atoms with van der Waals surface area (Å²) in [5.41, 5.74) is 2.35. The van der Waals surface area contributed by atoms with Crippen LogP contribution in [-0.2, 0) is 11.3 Å². The van der Waals surface area contributed by atoms with Crippen LogP contribution in [0.2, 0.25) is 5.02 Å². The number of benzene rings is 2. The van der Waals surface area contributed by atoms with Gasteiger partial charge in [-0.05, 0) is 48.0 Å². The van der Waals surface area contributed by atoms with E-state index >= 15 is 0 Å². The van der Waals surface area contributed by atoms with Gasteiger partial charge in [-0.2, -0.15) is 0 Å². The molecule has 1 N–H and O–H groups in total. The maximum atomic E-state index is 12.0. The molecule has 0 saturated heterocycles. The smallest absolute Gasteiger partial charge is 0.244 e. The number of halogens is 1. The summed E-state index contributed by atoms with van der Waals surface area (Å²) in [6.07, 6.45) is 3.16. The van der Waals surface area contributed by atoms with Crippen LogP contribution in [-0.4, -0.2) is 17.9 Å². The summed E-state index contributed by atoms with van der Waals surface area (Å²) in [5.74, 6) is 1.77. The third kappa shape index (κ3) is 4.12. The summed E-state index contributed by atoms with van der Waals surface area (Å²) >= 11 is 5.88. The molecule has 1 aliphatic heterocycles. The quantitative estimate of drug-likeness (QED) is 0.674. The molecule has 1 amide bonds. The molecule has 0 radical (unpaired) electrons. The van der Waals surface area contributed by atoms with Crippen molar-refractivity contribution in [2.24, 2.45) is 0 Å². The van der Waals surface area contributed by atoms with Gasteiger partial charge in [0.15, 0.2) is 17.3 Å². The number of amides is 1. The molecule has 6 nitrogen and oxygen atoms in total. The Labute approximate surface area is 160 Å². The molecule has 3 aromatic rings. The first-order chi connectivity index (χ1) is 13.2. The second kappa shape index (κ2) is 7.55. The standard InChI is InChI=1S/C20H15ClN2O4/c21-15-5-3-14(4-6-15)18-10-16(23-27-18)11-22-20(24)8-2-13-1-7-17-19(9-13)26-12-25-17/h1-10H,11-12H2,(H,22,24)/b8-2-. The molecule has 2 heterocycles. The fourth-order valence-corrected chi connectivity index (χ4v) is 2.70. The van der Waals surface area contributed by atoms with Crippen molar-refractivity contribution in [2.75, 3.05) is 6.79 Å². The van der Waals surface area contributed by atoms with Gasteiger partial charge in [-0.1, -0.05) is 22.8 Å². The molecule has 0 fully saturated rings. The summed E-state index contributed by atoms with van der Waals surface area (Å²) in [7, 11) is 0. The van der Waals surface area contributed by atoms with E-state index in [2.05, 4.69) is 10.5 Å². The van der Waals surface area contributed by atoms with Gasteiger partial charge >= 0.3 is 0 Å². The second-order valence-electron chi connectivity index (χ2n) is 5.85. The van der Waals surface area contributed by atoms with E-state index in [1.54, 1.807) is 24.3 Å². The molecule has 27 heavy (non-hydrogen) atoms. The van der Waals surface area contributed by atoms with Crippen LogP contribution in [0.1, 0.15) is 11.3 Å². The van der Waals surface area contributed by atoms with Crippen LogP contribution in [0.4, 0.5) is 0 Å². The van der Waals surface area contributed by atoms with Crippen LogP contribution in [0.15, 0.2) is 59.1 Å². The van der Waals surface area contributed by atoms with E-state index in [4.69, 9.17) is 25.6 Å². The predicted molar refractivity (Wildman–Crippen MR) is 100 cm³/mol. The van der Waals surface area contributed by atoms with Crippen molar-refractivity contribution in [1.29, 1.82) is 0 Å². The van der Waals surface area contributed by atoms with Crippen LogP contribution in [0.25, 0.3) is 17.4 Å². The lowest BCUT2D eigenvalue weighted by atomic mass is 10.1. The number of carbonyl (C=O) groups is 1. The lowest BCUT2D eigenvalue weighted by Crippen LogP contribution is -2.20. The summed E-state index contributed by atoms with van der Waals surface area (Å²) in [4.78, 5) is 12.0. The Balaban J connectivity index is 1.33. The molecule has 0 spiro atoms. The Kier molecular flexibility index (Phi) is 4.80. The number of nitrogens with one attached hydrogen (secondary N) is 1. The molecule has 4 rings (SSSR count). The fourth-order valence-electron chi connectivity index (χ4n) is 2.57. The lowest BCUT2D eigenvalue weighted by molar-refractivity contribution is -0.116. The summed E-state index contributed by atoms with van der Waals surface area (Å²) in [5, 5.41) is 7.39. The third-order valence-corrected chi connectivity index (χ3v) is 4.21. The van der Waals surface area contributed by atoms with Gasteiger partial charge in [0.2, 0.25) is 12.7 Å². The monoisotopic (exact) mass is 382 g/mol. The Morgan fingerprint density at radius 3 is 2.78 bits per heavy atom. The maximum absolute atomic E-state index is 12.0. The molecule has 2 aromatic carbocycles. The topological polar surface area (TPSA) is 73.6 Å². The molecule has 1 aliphatic rings. The number of rotatable bonds is 5. The van der Waals surface area contributed by atoms with Crippen molar-refractivity contribution in [3.05, 3.63) is 70.9 Å². The molecule has 1 aromatic heterocycles.